The molecular formula is C32H38HfN2. The fourth-order valence-electron chi connectivity index (χ4n) is 4.27. The molecule has 0 bridgehead atoms. The summed E-state index contributed by atoms with van der Waals surface area (Å²) in [6.45, 7) is 13.3. The van der Waals surface area contributed by atoms with Crippen LogP contribution in [0.4, 0.5) is 5.69 Å². The molecule has 0 aliphatic carbocycles. The number of hydrogen-bond donors (Lipinski definition) is 0. The quantitative estimate of drug-likeness (QED) is 0.154. The first-order valence-electron chi connectivity index (χ1n) is 11.5. The van der Waals surface area contributed by atoms with Gasteiger partial charge in [-0.05, 0) is 23.6 Å². The molecule has 0 fully saturated rings. The van der Waals surface area contributed by atoms with Crippen molar-refractivity contribution >= 4 is 16.5 Å². The van der Waals surface area contributed by atoms with Crippen molar-refractivity contribution in [3.63, 3.8) is 0 Å². The second kappa shape index (κ2) is 12.6. The summed E-state index contributed by atoms with van der Waals surface area (Å²) in [6, 6.07) is 28.7. The van der Waals surface area contributed by atoms with Gasteiger partial charge in [-0.2, -0.15) is 0 Å². The molecular weight excluding hydrogens is 591 g/mol. The maximum Gasteiger partial charge on any atom is 4.00 e. The monoisotopic (exact) mass is 630 g/mol. The van der Waals surface area contributed by atoms with E-state index in [1.54, 1.807) is 0 Å². The summed E-state index contributed by atoms with van der Waals surface area (Å²) in [5.41, 5.74) is 6.17. The van der Waals surface area contributed by atoms with E-state index < -0.39 is 5.54 Å². The van der Waals surface area contributed by atoms with Crippen LogP contribution in [-0.4, -0.2) is 4.98 Å². The van der Waals surface area contributed by atoms with E-state index in [1.165, 1.54) is 21.9 Å². The van der Waals surface area contributed by atoms with Crippen LogP contribution in [0, 0.1) is 20.9 Å². The van der Waals surface area contributed by atoms with E-state index in [-0.39, 0.29) is 40.7 Å². The Morgan fingerprint density at radius 1 is 0.771 bits per heavy atom. The molecule has 4 aromatic rings. The van der Waals surface area contributed by atoms with E-state index in [9.17, 15) is 0 Å². The molecule has 0 aliphatic heterocycles. The molecule has 4 rings (SSSR count). The van der Waals surface area contributed by atoms with Gasteiger partial charge in [-0.3, -0.25) is 0 Å². The van der Waals surface area contributed by atoms with E-state index in [2.05, 4.69) is 114 Å². The number of aromatic nitrogens is 1. The molecule has 0 saturated heterocycles. The van der Waals surface area contributed by atoms with Crippen LogP contribution in [0.1, 0.15) is 70.2 Å². The average molecular weight is 629 g/mol. The zero-order valence-corrected chi connectivity index (χ0v) is 26.1. The van der Waals surface area contributed by atoms with Crippen LogP contribution in [0.3, 0.4) is 0 Å². The standard InChI is InChI=1S/C30H32N2.2CH3.Hf/c1-20(2)23-15-10-16-24(21(3)4)29(23)32-30(5,6)28-19-11-18-27(31-28)26-17-9-13-22-12-7-8-14-25(22)26;;;/h7-16,18-21H,1-6H3;2*1H3;/q-2;2*-1;+4. The van der Waals surface area contributed by atoms with Crippen molar-refractivity contribution in [3.8, 4) is 11.3 Å². The third-order valence-electron chi connectivity index (χ3n) is 6.09. The van der Waals surface area contributed by atoms with Crippen molar-refractivity contribution in [2.45, 2.75) is 58.9 Å². The molecule has 0 atom stereocenters. The molecule has 0 saturated carbocycles. The molecule has 0 spiro atoms. The van der Waals surface area contributed by atoms with Gasteiger partial charge in [0.25, 0.3) is 0 Å². The Kier molecular flexibility index (Phi) is 11.1. The summed E-state index contributed by atoms with van der Waals surface area (Å²) in [5.74, 6) is 0.820. The Labute approximate surface area is 232 Å². The molecule has 3 heteroatoms. The first-order valence-corrected chi connectivity index (χ1v) is 11.5. The summed E-state index contributed by atoms with van der Waals surface area (Å²) >= 11 is 0. The van der Waals surface area contributed by atoms with E-state index >= 15 is 0 Å². The average Bonchev–Trinajstić information content (AvgIpc) is 2.78. The topological polar surface area (TPSA) is 27.0 Å². The minimum absolute atomic E-state index is 0. The number of para-hydroxylation sites is 1. The van der Waals surface area contributed by atoms with Gasteiger partial charge in [0.1, 0.15) is 0 Å². The maximum atomic E-state index is 5.33. The van der Waals surface area contributed by atoms with Crippen LogP contribution < -0.4 is 0 Å². The third-order valence-corrected chi connectivity index (χ3v) is 6.09. The number of benzene rings is 3. The van der Waals surface area contributed by atoms with Crippen LogP contribution in [-0.2, 0) is 31.4 Å². The van der Waals surface area contributed by atoms with Gasteiger partial charge in [-0.25, -0.2) is 0 Å². The molecule has 1 heterocycles. The maximum absolute atomic E-state index is 5.33. The van der Waals surface area contributed by atoms with Gasteiger partial charge < -0.3 is 25.2 Å². The molecule has 0 unspecified atom stereocenters. The second-order valence-corrected chi connectivity index (χ2v) is 9.61. The molecule has 1 aromatic heterocycles. The molecule has 180 valence electrons. The van der Waals surface area contributed by atoms with Gasteiger partial charge in [0.2, 0.25) is 0 Å². The Balaban J connectivity index is 0.00000204. The van der Waals surface area contributed by atoms with Crippen LogP contribution in [0.2, 0.25) is 0 Å². The van der Waals surface area contributed by atoms with Gasteiger partial charge >= 0.3 is 25.8 Å². The van der Waals surface area contributed by atoms with Crippen molar-refractivity contribution in [2.24, 2.45) is 0 Å². The largest absolute Gasteiger partial charge is 4.00 e. The zero-order chi connectivity index (χ0) is 22.9. The molecule has 0 radical (unpaired) electrons. The normalized spacial score (nSPS) is 11.0. The summed E-state index contributed by atoms with van der Waals surface area (Å²) in [5, 5.41) is 7.70. The number of rotatable bonds is 6. The van der Waals surface area contributed by atoms with Gasteiger partial charge in [-0.1, -0.05) is 118 Å². The van der Waals surface area contributed by atoms with E-state index in [0.717, 1.165) is 22.6 Å². The Bertz CT molecular complexity index is 1210. The second-order valence-electron chi connectivity index (χ2n) is 9.61. The van der Waals surface area contributed by atoms with Crippen molar-refractivity contribution in [3.05, 3.63) is 116 Å². The predicted octanol–water partition coefficient (Wildman–Crippen LogP) is 9.79. The van der Waals surface area contributed by atoms with Gasteiger partial charge in [0.05, 0.1) is 0 Å². The molecule has 0 amide bonds. The predicted molar refractivity (Wildman–Crippen MR) is 150 cm³/mol. The first kappa shape index (κ1) is 30.8. The van der Waals surface area contributed by atoms with Gasteiger partial charge in [0, 0.05) is 5.69 Å². The van der Waals surface area contributed by atoms with Crippen LogP contribution in [0.5, 0.6) is 0 Å². The summed E-state index contributed by atoms with van der Waals surface area (Å²) < 4.78 is 0. The molecule has 35 heavy (non-hydrogen) atoms. The van der Waals surface area contributed by atoms with Crippen LogP contribution in [0.15, 0.2) is 72.8 Å². The Morgan fingerprint density at radius 2 is 1.37 bits per heavy atom. The Morgan fingerprint density at radius 3 is 2.00 bits per heavy atom. The molecule has 0 N–H and O–H groups in total. The van der Waals surface area contributed by atoms with Crippen molar-refractivity contribution in [2.75, 3.05) is 0 Å². The van der Waals surface area contributed by atoms with Crippen LogP contribution in [0.25, 0.3) is 27.3 Å². The SMILES string of the molecule is CC(C)c1cccc(C(C)C)c1[N-]C(C)(C)c1cccc(-c2[c-]ccc3ccccc23)n1.[CH3-].[CH3-].[Hf+4]. The first-order chi connectivity index (χ1) is 15.3. The van der Waals surface area contributed by atoms with Gasteiger partial charge in [-0.15, -0.1) is 34.8 Å². The fraction of sp³-hybridized carbons (Fsp3) is 0.281. The molecule has 2 nitrogen and oxygen atoms in total. The van der Waals surface area contributed by atoms with Crippen molar-refractivity contribution in [1.29, 1.82) is 0 Å². The smallest absolute Gasteiger partial charge is 0.674 e. The van der Waals surface area contributed by atoms with E-state index in [0.29, 0.717) is 11.8 Å². The minimum Gasteiger partial charge on any atom is -0.674 e. The minimum atomic E-state index is -0.463. The third kappa shape index (κ3) is 6.50. The number of nitrogens with zero attached hydrogens (tertiary/aromatic N) is 2. The van der Waals surface area contributed by atoms with Crippen molar-refractivity contribution < 1.29 is 25.8 Å². The molecule has 0 aliphatic rings. The summed E-state index contributed by atoms with van der Waals surface area (Å²) in [4.78, 5) is 5.09. The fourth-order valence-corrected chi connectivity index (χ4v) is 4.27. The molecule has 3 aromatic carbocycles. The van der Waals surface area contributed by atoms with E-state index in [1.807, 2.05) is 6.07 Å². The van der Waals surface area contributed by atoms with Gasteiger partial charge in [0.15, 0.2) is 0 Å². The summed E-state index contributed by atoms with van der Waals surface area (Å²) in [7, 11) is 0. The number of pyridine rings is 1. The van der Waals surface area contributed by atoms with E-state index in [4.69, 9.17) is 10.3 Å². The van der Waals surface area contributed by atoms with Crippen LogP contribution >= 0.6 is 0 Å². The zero-order valence-electron chi connectivity index (χ0n) is 22.5. The van der Waals surface area contributed by atoms with Crippen molar-refractivity contribution in [1.82, 2.24) is 4.98 Å². The Hall–Kier alpha value is -2.26. The number of hydrogen-bond acceptors (Lipinski definition) is 1. The summed E-state index contributed by atoms with van der Waals surface area (Å²) in [6.07, 6.45) is 0. The number of fused-ring (bicyclic) bond motifs is 1.